The van der Waals surface area contributed by atoms with Crippen LogP contribution in [0.25, 0.3) is 0 Å². The van der Waals surface area contributed by atoms with E-state index in [0.717, 1.165) is 25.8 Å². The van der Waals surface area contributed by atoms with E-state index in [1.165, 1.54) is 0 Å². The molecule has 66 valence electrons. The highest BCUT2D eigenvalue weighted by Gasteiger charge is 2.20. The standard InChI is InChI=1S/C7H14N2O.ClH/c8-4-3-6-2-1-5-9-7(6)10;/h6H,1-5,8H2,(H,9,10);1H/t6-;/m0./s1. The predicted molar refractivity (Wildman–Crippen MR) is 46.7 cm³/mol. The molecule has 1 heterocycles. The number of hydrogen-bond acceptors (Lipinski definition) is 2. The van der Waals surface area contributed by atoms with Gasteiger partial charge in [0.15, 0.2) is 0 Å². The Morgan fingerprint density at radius 1 is 1.64 bits per heavy atom. The van der Waals surface area contributed by atoms with Gasteiger partial charge in [-0.15, -0.1) is 12.4 Å². The first-order valence-electron chi connectivity index (χ1n) is 3.82. The third-order valence-corrected chi connectivity index (χ3v) is 1.91. The Bertz CT molecular complexity index is 128. The van der Waals surface area contributed by atoms with E-state index in [1.54, 1.807) is 0 Å². The van der Waals surface area contributed by atoms with Crippen molar-refractivity contribution < 1.29 is 4.79 Å². The molecule has 0 aromatic rings. The fourth-order valence-electron chi connectivity index (χ4n) is 1.31. The average molecular weight is 179 g/mol. The molecular weight excluding hydrogens is 164 g/mol. The van der Waals surface area contributed by atoms with Gasteiger partial charge >= 0.3 is 0 Å². The zero-order chi connectivity index (χ0) is 7.40. The van der Waals surface area contributed by atoms with E-state index in [1.807, 2.05) is 0 Å². The molecule has 1 saturated heterocycles. The van der Waals surface area contributed by atoms with Crippen LogP contribution >= 0.6 is 12.4 Å². The van der Waals surface area contributed by atoms with Gasteiger partial charge in [-0.25, -0.2) is 0 Å². The summed E-state index contributed by atoms with van der Waals surface area (Å²) in [6, 6.07) is 0. The van der Waals surface area contributed by atoms with Gasteiger partial charge in [-0.3, -0.25) is 4.79 Å². The molecule has 11 heavy (non-hydrogen) atoms. The highest BCUT2D eigenvalue weighted by atomic mass is 35.5. The number of halogens is 1. The molecular formula is C7H15ClN2O. The molecule has 0 bridgehead atoms. The molecule has 4 heteroatoms. The van der Waals surface area contributed by atoms with Crippen molar-refractivity contribution in [1.82, 2.24) is 5.32 Å². The van der Waals surface area contributed by atoms with E-state index in [9.17, 15) is 4.79 Å². The van der Waals surface area contributed by atoms with Crippen molar-refractivity contribution >= 4 is 18.3 Å². The van der Waals surface area contributed by atoms with E-state index in [0.29, 0.717) is 6.54 Å². The number of piperidine rings is 1. The van der Waals surface area contributed by atoms with E-state index in [2.05, 4.69) is 5.32 Å². The number of carbonyl (C=O) groups is 1. The molecule has 1 rings (SSSR count). The molecule has 0 unspecified atom stereocenters. The molecule has 0 aliphatic carbocycles. The maximum absolute atomic E-state index is 11.0. The number of nitrogens with one attached hydrogen (secondary N) is 1. The summed E-state index contributed by atoms with van der Waals surface area (Å²) in [5, 5.41) is 2.82. The van der Waals surface area contributed by atoms with Gasteiger partial charge in [0.2, 0.25) is 5.91 Å². The minimum absolute atomic E-state index is 0. The van der Waals surface area contributed by atoms with Crippen LogP contribution < -0.4 is 11.1 Å². The molecule has 1 atom stereocenters. The van der Waals surface area contributed by atoms with Crippen LogP contribution in [0.2, 0.25) is 0 Å². The Balaban J connectivity index is 0.000001000. The number of nitrogens with two attached hydrogens (primary N) is 1. The highest BCUT2D eigenvalue weighted by molar-refractivity contribution is 5.85. The number of carbonyl (C=O) groups excluding carboxylic acids is 1. The molecule has 0 radical (unpaired) electrons. The highest BCUT2D eigenvalue weighted by Crippen LogP contribution is 2.13. The second kappa shape index (κ2) is 5.38. The normalized spacial score (nSPS) is 23.7. The van der Waals surface area contributed by atoms with Crippen LogP contribution in [0, 0.1) is 5.92 Å². The zero-order valence-electron chi connectivity index (χ0n) is 6.51. The van der Waals surface area contributed by atoms with Gasteiger partial charge in [0.05, 0.1) is 0 Å². The fraction of sp³-hybridized carbons (Fsp3) is 0.857. The molecule has 3 nitrogen and oxygen atoms in total. The van der Waals surface area contributed by atoms with Crippen LogP contribution in [-0.4, -0.2) is 19.0 Å². The summed E-state index contributed by atoms with van der Waals surface area (Å²) in [6.07, 6.45) is 2.96. The molecule has 1 fully saturated rings. The Kier molecular flexibility index (Phi) is 5.24. The van der Waals surface area contributed by atoms with Crippen molar-refractivity contribution in [1.29, 1.82) is 0 Å². The van der Waals surface area contributed by atoms with Crippen LogP contribution in [0.1, 0.15) is 19.3 Å². The molecule has 0 spiro atoms. The third-order valence-electron chi connectivity index (χ3n) is 1.91. The molecule has 1 amide bonds. The lowest BCUT2D eigenvalue weighted by Crippen LogP contribution is -2.37. The van der Waals surface area contributed by atoms with Gasteiger partial charge in [-0.05, 0) is 25.8 Å². The van der Waals surface area contributed by atoms with E-state index < -0.39 is 0 Å². The van der Waals surface area contributed by atoms with Crippen LogP contribution in [0.3, 0.4) is 0 Å². The fourth-order valence-corrected chi connectivity index (χ4v) is 1.31. The monoisotopic (exact) mass is 178 g/mol. The summed E-state index contributed by atoms with van der Waals surface area (Å²) in [4.78, 5) is 11.0. The number of hydrogen-bond donors (Lipinski definition) is 2. The largest absolute Gasteiger partial charge is 0.356 e. The first kappa shape index (κ1) is 10.7. The van der Waals surface area contributed by atoms with Gasteiger partial charge in [-0.2, -0.15) is 0 Å². The summed E-state index contributed by atoms with van der Waals surface area (Å²) >= 11 is 0. The Hall–Kier alpha value is -0.280. The Labute approximate surface area is 73.1 Å². The van der Waals surface area contributed by atoms with Crippen molar-refractivity contribution in [3.05, 3.63) is 0 Å². The third kappa shape index (κ3) is 3.08. The molecule has 0 aromatic heterocycles. The van der Waals surface area contributed by atoms with Crippen LogP contribution in [0.15, 0.2) is 0 Å². The SMILES string of the molecule is Cl.NCC[C@@H]1CCCNC1=O. The summed E-state index contributed by atoms with van der Waals surface area (Å²) in [6.45, 7) is 1.47. The smallest absolute Gasteiger partial charge is 0.223 e. The van der Waals surface area contributed by atoms with Crippen LogP contribution in [0.5, 0.6) is 0 Å². The van der Waals surface area contributed by atoms with Gasteiger partial charge in [-0.1, -0.05) is 0 Å². The van der Waals surface area contributed by atoms with Crippen molar-refractivity contribution in [2.75, 3.05) is 13.1 Å². The van der Waals surface area contributed by atoms with Gasteiger partial charge in [0, 0.05) is 12.5 Å². The predicted octanol–water partition coefficient (Wildman–Crippen LogP) is 0.283. The second-order valence-corrected chi connectivity index (χ2v) is 2.71. The number of amides is 1. The molecule has 1 aliphatic rings. The topological polar surface area (TPSA) is 55.1 Å². The molecule has 0 aromatic carbocycles. The van der Waals surface area contributed by atoms with Crippen LogP contribution in [-0.2, 0) is 4.79 Å². The van der Waals surface area contributed by atoms with E-state index in [-0.39, 0.29) is 24.2 Å². The summed E-state index contributed by atoms with van der Waals surface area (Å²) < 4.78 is 0. The Morgan fingerprint density at radius 3 is 2.91 bits per heavy atom. The quantitative estimate of drug-likeness (QED) is 0.639. The lowest BCUT2D eigenvalue weighted by atomic mass is 9.95. The summed E-state index contributed by atoms with van der Waals surface area (Å²) in [5.41, 5.74) is 5.34. The van der Waals surface area contributed by atoms with Gasteiger partial charge < -0.3 is 11.1 Å². The first-order chi connectivity index (χ1) is 4.84. The minimum atomic E-state index is 0. The van der Waals surface area contributed by atoms with Crippen molar-refractivity contribution in [3.63, 3.8) is 0 Å². The van der Waals surface area contributed by atoms with Crippen molar-refractivity contribution in [2.45, 2.75) is 19.3 Å². The average Bonchev–Trinajstić information content (AvgIpc) is 1.94. The Morgan fingerprint density at radius 2 is 2.36 bits per heavy atom. The van der Waals surface area contributed by atoms with E-state index in [4.69, 9.17) is 5.73 Å². The molecule has 0 saturated carbocycles. The van der Waals surface area contributed by atoms with Gasteiger partial charge in [0.25, 0.3) is 0 Å². The van der Waals surface area contributed by atoms with Crippen molar-refractivity contribution in [3.8, 4) is 0 Å². The first-order valence-corrected chi connectivity index (χ1v) is 3.82. The minimum Gasteiger partial charge on any atom is -0.356 e. The molecule has 3 N–H and O–H groups in total. The van der Waals surface area contributed by atoms with Crippen LogP contribution in [0.4, 0.5) is 0 Å². The summed E-state index contributed by atoms with van der Waals surface area (Å²) in [7, 11) is 0. The molecule has 1 aliphatic heterocycles. The summed E-state index contributed by atoms with van der Waals surface area (Å²) in [5.74, 6) is 0.385. The lowest BCUT2D eigenvalue weighted by molar-refractivity contribution is -0.126. The van der Waals surface area contributed by atoms with Crippen molar-refractivity contribution in [2.24, 2.45) is 11.7 Å². The second-order valence-electron chi connectivity index (χ2n) is 2.71. The van der Waals surface area contributed by atoms with Gasteiger partial charge in [0.1, 0.15) is 0 Å². The lowest BCUT2D eigenvalue weighted by Gasteiger charge is -2.20. The van der Waals surface area contributed by atoms with E-state index >= 15 is 0 Å². The maximum atomic E-state index is 11.0. The maximum Gasteiger partial charge on any atom is 0.223 e. The number of rotatable bonds is 2. The zero-order valence-corrected chi connectivity index (χ0v) is 7.32.